The molecule has 1 aromatic rings. The number of hydrogen-bond acceptors (Lipinski definition) is 4. The quantitative estimate of drug-likeness (QED) is 0.556. The molecule has 1 unspecified atom stereocenters. The number of aliphatic hydroxyl groups excluding tert-OH is 1. The molecular formula is C11H14FNO3S. The third-order valence-electron chi connectivity index (χ3n) is 2.23. The van der Waals surface area contributed by atoms with E-state index in [2.05, 4.69) is 0 Å². The van der Waals surface area contributed by atoms with E-state index < -0.39 is 11.8 Å². The lowest BCUT2D eigenvalue weighted by atomic mass is 10.2. The van der Waals surface area contributed by atoms with Crippen LogP contribution in [0.4, 0.5) is 10.1 Å². The normalized spacial score (nSPS) is 12.4. The Bertz CT molecular complexity index is 425. The van der Waals surface area contributed by atoms with Crippen molar-refractivity contribution in [3.8, 4) is 0 Å². The molecule has 0 heterocycles. The van der Waals surface area contributed by atoms with Crippen LogP contribution in [0.3, 0.4) is 0 Å². The lowest BCUT2D eigenvalue weighted by molar-refractivity contribution is 0.0694. The summed E-state index contributed by atoms with van der Waals surface area (Å²) >= 11 is 1.26. The molecule has 94 valence electrons. The molecule has 0 spiro atoms. The molecule has 1 rings (SSSR count). The van der Waals surface area contributed by atoms with Crippen molar-refractivity contribution >= 4 is 23.4 Å². The number of aromatic carboxylic acids is 1. The van der Waals surface area contributed by atoms with Gasteiger partial charge >= 0.3 is 5.97 Å². The number of aliphatic hydroxyl groups is 1. The second kappa shape index (κ2) is 5.88. The zero-order valence-corrected chi connectivity index (χ0v) is 10.1. The molecule has 0 aliphatic rings. The van der Waals surface area contributed by atoms with Crippen LogP contribution in [0.5, 0.6) is 0 Å². The van der Waals surface area contributed by atoms with Crippen molar-refractivity contribution in [3.63, 3.8) is 0 Å². The molecule has 0 bridgehead atoms. The molecule has 0 saturated carbocycles. The highest BCUT2D eigenvalue weighted by molar-refractivity contribution is 8.00. The Kier molecular flexibility index (Phi) is 4.77. The van der Waals surface area contributed by atoms with E-state index in [0.717, 1.165) is 6.07 Å². The van der Waals surface area contributed by atoms with Gasteiger partial charge in [0.1, 0.15) is 5.82 Å². The number of carbonyl (C=O) groups is 1. The van der Waals surface area contributed by atoms with Crippen molar-refractivity contribution < 1.29 is 19.4 Å². The molecule has 1 aromatic carbocycles. The smallest absolute Gasteiger partial charge is 0.339 e. The summed E-state index contributed by atoms with van der Waals surface area (Å²) in [6, 6.07) is 2.55. The number of anilines is 1. The first-order chi connectivity index (χ1) is 7.97. The average Bonchev–Trinajstić information content (AvgIpc) is 2.23. The Morgan fingerprint density at radius 1 is 1.59 bits per heavy atom. The Balaban J connectivity index is 3.07. The first-order valence-electron chi connectivity index (χ1n) is 5.06. The first kappa shape index (κ1) is 13.8. The average molecular weight is 259 g/mol. The zero-order chi connectivity index (χ0) is 13.0. The number of carboxylic acids is 1. The van der Waals surface area contributed by atoms with Crippen LogP contribution in [-0.4, -0.2) is 28.0 Å². The number of nitrogens with two attached hydrogens (primary N) is 1. The van der Waals surface area contributed by atoms with Gasteiger partial charge in [0.25, 0.3) is 0 Å². The van der Waals surface area contributed by atoms with Crippen molar-refractivity contribution in [2.45, 2.75) is 23.5 Å². The van der Waals surface area contributed by atoms with E-state index in [1.165, 1.54) is 17.8 Å². The van der Waals surface area contributed by atoms with Gasteiger partial charge in [-0.25, -0.2) is 9.18 Å². The summed E-state index contributed by atoms with van der Waals surface area (Å²) in [6.07, 6.45) is 0.529. The van der Waals surface area contributed by atoms with Crippen molar-refractivity contribution in [1.82, 2.24) is 0 Å². The third-order valence-corrected chi connectivity index (χ3v) is 3.46. The van der Waals surface area contributed by atoms with Crippen molar-refractivity contribution in [1.29, 1.82) is 0 Å². The lowest BCUT2D eigenvalue weighted by Gasteiger charge is -2.13. The Labute approximate surface area is 103 Å². The van der Waals surface area contributed by atoms with Crippen molar-refractivity contribution in [2.75, 3.05) is 12.3 Å². The van der Waals surface area contributed by atoms with Gasteiger partial charge in [-0.15, -0.1) is 11.8 Å². The Morgan fingerprint density at radius 3 is 2.76 bits per heavy atom. The molecule has 0 fully saturated rings. The molecule has 0 amide bonds. The number of carboxylic acid groups (broad SMARTS) is 1. The van der Waals surface area contributed by atoms with Gasteiger partial charge in [-0.1, -0.05) is 6.92 Å². The molecule has 0 aliphatic carbocycles. The fourth-order valence-electron chi connectivity index (χ4n) is 1.35. The zero-order valence-electron chi connectivity index (χ0n) is 9.31. The molecule has 17 heavy (non-hydrogen) atoms. The predicted octanol–water partition coefficient (Wildman–Crippen LogP) is 1.97. The molecular weight excluding hydrogens is 245 g/mol. The van der Waals surface area contributed by atoms with Crippen LogP contribution in [-0.2, 0) is 0 Å². The van der Waals surface area contributed by atoms with Gasteiger partial charge in [-0.05, 0) is 18.6 Å². The monoisotopic (exact) mass is 259 g/mol. The SMILES string of the molecule is CC(CCO)Sc1ccc(F)c(N)c1C(=O)O. The van der Waals surface area contributed by atoms with Crippen LogP contribution in [0.2, 0.25) is 0 Å². The van der Waals surface area contributed by atoms with Crippen LogP contribution >= 0.6 is 11.8 Å². The molecule has 0 aromatic heterocycles. The molecule has 4 nitrogen and oxygen atoms in total. The number of rotatable bonds is 5. The summed E-state index contributed by atoms with van der Waals surface area (Å²) in [4.78, 5) is 11.4. The fourth-order valence-corrected chi connectivity index (χ4v) is 2.47. The van der Waals surface area contributed by atoms with Crippen molar-refractivity contribution in [3.05, 3.63) is 23.5 Å². The third kappa shape index (κ3) is 3.34. The van der Waals surface area contributed by atoms with Crippen LogP contribution in [0.15, 0.2) is 17.0 Å². The van der Waals surface area contributed by atoms with E-state index >= 15 is 0 Å². The van der Waals surface area contributed by atoms with E-state index in [1.54, 1.807) is 0 Å². The largest absolute Gasteiger partial charge is 0.478 e. The minimum atomic E-state index is -1.25. The summed E-state index contributed by atoms with van der Waals surface area (Å²) in [5, 5.41) is 17.8. The van der Waals surface area contributed by atoms with Crippen LogP contribution < -0.4 is 5.73 Å². The number of hydrogen-bond donors (Lipinski definition) is 3. The Morgan fingerprint density at radius 2 is 2.24 bits per heavy atom. The summed E-state index contributed by atoms with van der Waals surface area (Å²) in [5.74, 6) is -1.98. The molecule has 1 atom stereocenters. The van der Waals surface area contributed by atoms with Gasteiger partial charge in [-0.2, -0.15) is 0 Å². The van der Waals surface area contributed by atoms with Gasteiger partial charge in [0.05, 0.1) is 11.3 Å². The molecule has 0 radical (unpaired) electrons. The summed E-state index contributed by atoms with van der Waals surface area (Å²) in [7, 11) is 0. The van der Waals surface area contributed by atoms with Gasteiger partial charge in [0.2, 0.25) is 0 Å². The van der Waals surface area contributed by atoms with E-state index in [4.69, 9.17) is 15.9 Å². The lowest BCUT2D eigenvalue weighted by Crippen LogP contribution is -2.08. The van der Waals surface area contributed by atoms with E-state index in [9.17, 15) is 9.18 Å². The second-order valence-corrected chi connectivity index (χ2v) is 5.06. The second-order valence-electron chi connectivity index (χ2n) is 3.58. The van der Waals surface area contributed by atoms with Gasteiger partial charge in [0.15, 0.2) is 0 Å². The molecule has 0 aliphatic heterocycles. The van der Waals surface area contributed by atoms with Gasteiger partial charge in [0, 0.05) is 16.8 Å². The number of benzene rings is 1. The summed E-state index contributed by atoms with van der Waals surface area (Å²) in [5.41, 5.74) is 4.86. The predicted molar refractivity (Wildman–Crippen MR) is 64.8 cm³/mol. The maximum atomic E-state index is 13.2. The van der Waals surface area contributed by atoms with E-state index in [1.807, 2.05) is 6.92 Å². The van der Waals surface area contributed by atoms with Crippen LogP contribution in [0.25, 0.3) is 0 Å². The maximum absolute atomic E-state index is 13.2. The highest BCUT2D eigenvalue weighted by Crippen LogP contribution is 2.32. The molecule has 0 saturated heterocycles. The van der Waals surface area contributed by atoms with E-state index in [0.29, 0.717) is 11.3 Å². The van der Waals surface area contributed by atoms with Gasteiger partial charge < -0.3 is 15.9 Å². The van der Waals surface area contributed by atoms with Crippen LogP contribution in [0.1, 0.15) is 23.7 Å². The minimum Gasteiger partial charge on any atom is -0.478 e. The standard InChI is InChI=1S/C11H14FNO3S/c1-6(4-5-14)17-8-3-2-7(12)10(13)9(8)11(15)16/h2-3,6,14H,4-5,13H2,1H3,(H,15,16). The fraction of sp³-hybridized carbons (Fsp3) is 0.364. The maximum Gasteiger partial charge on any atom is 0.339 e. The first-order valence-corrected chi connectivity index (χ1v) is 5.94. The van der Waals surface area contributed by atoms with Crippen molar-refractivity contribution in [2.24, 2.45) is 0 Å². The number of nitrogen functional groups attached to an aromatic ring is 1. The molecule has 6 heteroatoms. The van der Waals surface area contributed by atoms with Gasteiger partial charge in [-0.3, -0.25) is 0 Å². The highest BCUT2D eigenvalue weighted by atomic mass is 32.2. The number of halogens is 1. The molecule has 4 N–H and O–H groups in total. The highest BCUT2D eigenvalue weighted by Gasteiger charge is 2.19. The van der Waals surface area contributed by atoms with E-state index in [-0.39, 0.29) is 23.1 Å². The topological polar surface area (TPSA) is 83.5 Å². The summed E-state index contributed by atoms with van der Waals surface area (Å²) < 4.78 is 13.2. The number of thioether (sulfide) groups is 1. The summed E-state index contributed by atoms with van der Waals surface area (Å²) in [6.45, 7) is 1.87. The van der Waals surface area contributed by atoms with Crippen LogP contribution in [0, 0.1) is 5.82 Å². The minimum absolute atomic E-state index is 0.0211. The Hall–Kier alpha value is -1.27.